The third-order valence-corrected chi connectivity index (χ3v) is 4.65. The summed E-state index contributed by atoms with van der Waals surface area (Å²) < 4.78 is 5.26. The lowest BCUT2D eigenvalue weighted by molar-refractivity contribution is 0.153. The highest BCUT2D eigenvalue weighted by molar-refractivity contribution is 5.45. The normalized spacial score (nSPS) is 16.9. The second-order valence-electron chi connectivity index (χ2n) is 6.08. The van der Waals surface area contributed by atoms with E-state index in [-0.39, 0.29) is 0 Å². The van der Waals surface area contributed by atoms with Gasteiger partial charge in [0, 0.05) is 18.6 Å². The minimum atomic E-state index is 0.302. The molecule has 0 spiro atoms. The third kappa shape index (κ3) is 3.55. The molecule has 0 aromatic heterocycles. The standard InChI is InChI=1S/C17H25N3O/c1-20(2)17(8-4-5-9-17)13-19-12-14-6-7-15(11-18)16(10-14)21-3/h6-7,10,19H,4-5,8-9,12-13H2,1-3H3. The number of hydrogen-bond donors (Lipinski definition) is 1. The summed E-state index contributed by atoms with van der Waals surface area (Å²) in [5.74, 6) is 0.653. The molecule has 4 heteroatoms. The molecule has 0 aliphatic heterocycles. The molecule has 0 saturated heterocycles. The van der Waals surface area contributed by atoms with Crippen LogP contribution < -0.4 is 10.1 Å². The van der Waals surface area contributed by atoms with Crippen LogP contribution in [0.3, 0.4) is 0 Å². The highest BCUT2D eigenvalue weighted by Crippen LogP contribution is 2.33. The molecular weight excluding hydrogens is 262 g/mol. The van der Waals surface area contributed by atoms with E-state index in [9.17, 15) is 0 Å². The van der Waals surface area contributed by atoms with Crippen molar-refractivity contribution in [3.05, 3.63) is 29.3 Å². The first-order valence-corrected chi connectivity index (χ1v) is 7.56. The molecule has 21 heavy (non-hydrogen) atoms. The van der Waals surface area contributed by atoms with E-state index in [0.29, 0.717) is 16.9 Å². The Morgan fingerprint density at radius 2 is 2.05 bits per heavy atom. The highest BCUT2D eigenvalue weighted by Gasteiger charge is 2.35. The summed E-state index contributed by atoms with van der Waals surface area (Å²) >= 11 is 0. The molecule has 0 amide bonds. The van der Waals surface area contributed by atoms with Crippen LogP contribution in [-0.4, -0.2) is 38.2 Å². The first-order valence-electron chi connectivity index (χ1n) is 7.56. The lowest BCUT2D eigenvalue weighted by Crippen LogP contribution is -2.49. The Labute approximate surface area is 127 Å². The van der Waals surface area contributed by atoms with Gasteiger partial charge in [0.1, 0.15) is 11.8 Å². The molecule has 0 heterocycles. The van der Waals surface area contributed by atoms with Gasteiger partial charge in [-0.05, 0) is 44.6 Å². The van der Waals surface area contributed by atoms with Crippen LogP contribution in [0.15, 0.2) is 18.2 Å². The van der Waals surface area contributed by atoms with Gasteiger partial charge in [-0.1, -0.05) is 18.9 Å². The Morgan fingerprint density at radius 1 is 1.33 bits per heavy atom. The summed E-state index contributed by atoms with van der Waals surface area (Å²) in [6.07, 6.45) is 5.18. The van der Waals surface area contributed by atoms with Crippen LogP contribution in [0.2, 0.25) is 0 Å². The molecule has 1 aromatic carbocycles. The Balaban J connectivity index is 1.96. The molecule has 1 fully saturated rings. The van der Waals surface area contributed by atoms with Gasteiger partial charge in [-0.25, -0.2) is 0 Å². The Kier molecular flexibility index (Phi) is 5.22. The second-order valence-corrected chi connectivity index (χ2v) is 6.08. The summed E-state index contributed by atoms with van der Waals surface area (Å²) in [6.45, 7) is 1.81. The highest BCUT2D eigenvalue weighted by atomic mass is 16.5. The Hall–Kier alpha value is -1.57. The molecule has 1 saturated carbocycles. The number of nitrogens with zero attached hydrogens (tertiary/aromatic N) is 2. The predicted molar refractivity (Wildman–Crippen MR) is 84.3 cm³/mol. The molecule has 2 rings (SSSR count). The van der Waals surface area contributed by atoms with Gasteiger partial charge in [-0.15, -0.1) is 0 Å². The van der Waals surface area contributed by atoms with Crippen molar-refractivity contribution in [1.82, 2.24) is 10.2 Å². The minimum absolute atomic E-state index is 0.302. The van der Waals surface area contributed by atoms with E-state index in [0.717, 1.165) is 18.7 Å². The number of benzene rings is 1. The first kappa shape index (κ1) is 15.8. The molecule has 0 bridgehead atoms. The molecule has 1 N–H and O–H groups in total. The fraction of sp³-hybridized carbons (Fsp3) is 0.588. The second kappa shape index (κ2) is 6.93. The van der Waals surface area contributed by atoms with E-state index in [1.807, 2.05) is 18.2 Å². The number of ether oxygens (including phenoxy) is 1. The molecule has 1 aliphatic carbocycles. The predicted octanol–water partition coefficient (Wildman–Crippen LogP) is 2.53. The van der Waals surface area contributed by atoms with Crippen LogP contribution in [0.5, 0.6) is 5.75 Å². The van der Waals surface area contributed by atoms with E-state index in [1.54, 1.807) is 7.11 Å². The van der Waals surface area contributed by atoms with Gasteiger partial charge in [0.15, 0.2) is 0 Å². The summed E-state index contributed by atoms with van der Waals surface area (Å²) in [6, 6.07) is 7.91. The number of nitriles is 1. The maximum atomic E-state index is 9.00. The van der Waals surface area contributed by atoms with Crippen molar-refractivity contribution in [2.45, 2.75) is 37.8 Å². The van der Waals surface area contributed by atoms with Crippen molar-refractivity contribution in [1.29, 1.82) is 5.26 Å². The zero-order valence-electron chi connectivity index (χ0n) is 13.3. The van der Waals surface area contributed by atoms with E-state index >= 15 is 0 Å². The summed E-state index contributed by atoms with van der Waals surface area (Å²) in [4.78, 5) is 2.37. The number of likely N-dealkylation sites (N-methyl/N-ethyl adjacent to an activating group) is 1. The summed E-state index contributed by atoms with van der Waals surface area (Å²) in [5.41, 5.74) is 2.04. The van der Waals surface area contributed by atoms with Crippen LogP contribution in [0.1, 0.15) is 36.8 Å². The van der Waals surface area contributed by atoms with Crippen LogP contribution in [0.25, 0.3) is 0 Å². The SMILES string of the molecule is COc1cc(CNCC2(N(C)C)CCCC2)ccc1C#N. The maximum Gasteiger partial charge on any atom is 0.136 e. The van der Waals surface area contributed by atoms with E-state index in [1.165, 1.54) is 25.7 Å². The summed E-state index contributed by atoms with van der Waals surface area (Å²) in [7, 11) is 5.96. The van der Waals surface area contributed by atoms with Gasteiger partial charge in [-0.3, -0.25) is 0 Å². The lowest BCUT2D eigenvalue weighted by atomic mass is 9.96. The van der Waals surface area contributed by atoms with Crippen molar-refractivity contribution < 1.29 is 4.74 Å². The van der Waals surface area contributed by atoms with Gasteiger partial charge >= 0.3 is 0 Å². The van der Waals surface area contributed by atoms with Gasteiger partial charge < -0.3 is 15.0 Å². The fourth-order valence-corrected chi connectivity index (χ4v) is 3.19. The van der Waals surface area contributed by atoms with Gasteiger partial charge in [0.25, 0.3) is 0 Å². The smallest absolute Gasteiger partial charge is 0.136 e. The molecule has 1 aliphatic rings. The van der Waals surface area contributed by atoms with Crippen molar-refractivity contribution in [2.75, 3.05) is 27.7 Å². The quantitative estimate of drug-likeness (QED) is 0.873. The zero-order chi connectivity index (χ0) is 15.3. The first-order chi connectivity index (χ1) is 10.1. The molecule has 1 aromatic rings. The Bertz CT molecular complexity index is 513. The molecule has 114 valence electrons. The summed E-state index contributed by atoms with van der Waals surface area (Å²) in [5, 5.41) is 12.6. The molecule has 0 radical (unpaired) electrons. The average Bonchev–Trinajstić information content (AvgIpc) is 2.97. The van der Waals surface area contributed by atoms with Crippen LogP contribution in [0, 0.1) is 11.3 Å². The molecule has 0 unspecified atom stereocenters. The number of methoxy groups -OCH3 is 1. The van der Waals surface area contributed by atoms with E-state index in [2.05, 4.69) is 30.4 Å². The van der Waals surface area contributed by atoms with Gasteiger partial charge in [0.2, 0.25) is 0 Å². The minimum Gasteiger partial charge on any atom is -0.495 e. The number of nitrogens with one attached hydrogen (secondary N) is 1. The molecule has 0 atom stereocenters. The average molecular weight is 287 g/mol. The lowest BCUT2D eigenvalue weighted by Gasteiger charge is -2.36. The van der Waals surface area contributed by atoms with Gasteiger partial charge in [0.05, 0.1) is 12.7 Å². The zero-order valence-corrected chi connectivity index (χ0v) is 13.3. The van der Waals surface area contributed by atoms with Crippen molar-refractivity contribution >= 4 is 0 Å². The number of rotatable bonds is 6. The maximum absolute atomic E-state index is 9.00. The van der Waals surface area contributed by atoms with Crippen molar-refractivity contribution in [2.24, 2.45) is 0 Å². The van der Waals surface area contributed by atoms with Crippen molar-refractivity contribution in [3.8, 4) is 11.8 Å². The van der Waals surface area contributed by atoms with Crippen LogP contribution in [-0.2, 0) is 6.54 Å². The van der Waals surface area contributed by atoms with E-state index in [4.69, 9.17) is 10.00 Å². The molecule has 4 nitrogen and oxygen atoms in total. The monoisotopic (exact) mass is 287 g/mol. The van der Waals surface area contributed by atoms with E-state index < -0.39 is 0 Å². The third-order valence-electron chi connectivity index (χ3n) is 4.65. The van der Waals surface area contributed by atoms with Crippen LogP contribution in [0.4, 0.5) is 0 Å². The fourth-order valence-electron chi connectivity index (χ4n) is 3.19. The van der Waals surface area contributed by atoms with Gasteiger partial charge in [-0.2, -0.15) is 5.26 Å². The molecular formula is C17H25N3O. The van der Waals surface area contributed by atoms with Crippen molar-refractivity contribution in [3.63, 3.8) is 0 Å². The Morgan fingerprint density at radius 3 is 2.62 bits per heavy atom. The topological polar surface area (TPSA) is 48.3 Å². The van der Waals surface area contributed by atoms with Crippen LogP contribution >= 0.6 is 0 Å². The number of hydrogen-bond acceptors (Lipinski definition) is 4. The largest absolute Gasteiger partial charge is 0.495 e.